The number of Topliss-reactive ketones (excluding diaryl/α,β-unsaturated/α-hetero) is 1. The predicted molar refractivity (Wildman–Crippen MR) is 84.2 cm³/mol. The fourth-order valence-corrected chi connectivity index (χ4v) is 5.32. The third-order valence-corrected chi connectivity index (χ3v) is 6.01. The molecule has 1 saturated carbocycles. The minimum Gasteiger partial charge on any atom is -0.493 e. The second-order valence-corrected chi connectivity index (χ2v) is 6.69. The number of methoxy groups -OCH3 is 1. The molecule has 0 radical (unpaired) electrons. The summed E-state index contributed by atoms with van der Waals surface area (Å²) < 4.78 is 33.5. The van der Waals surface area contributed by atoms with Crippen LogP contribution in [0.5, 0.6) is 11.5 Å². The van der Waals surface area contributed by atoms with Crippen LogP contribution in [0.1, 0.15) is 34.5 Å². The summed E-state index contributed by atoms with van der Waals surface area (Å²) in [6, 6.07) is 3.99. The zero-order valence-corrected chi connectivity index (χ0v) is 12.9. The molecule has 4 aliphatic rings. The molecular weight excluding hydrogens is 302 g/mol. The first kappa shape index (κ1) is 11.3. The molecule has 0 unspecified atom stereocenters. The van der Waals surface area contributed by atoms with Gasteiger partial charge in [0.2, 0.25) is 0 Å². The maximum atomic E-state index is 12.6. The zero-order valence-electron chi connectivity index (χ0n) is 15.1. The monoisotopic (exact) mass is 324 g/mol. The number of hydrogen-bond donors (Lipinski definition) is 1. The van der Waals surface area contributed by atoms with Gasteiger partial charge in [0.05, 0.1) is 11.2 Å². The maximum Gasteiger partial charge on any atom is 0.174 e. The molecule has 1 saturated heterocycles. The van der Waals surface area contributed by atoms with Gasteiger partial charge in [0.25, 0.3) is 0 Å². The van der Waals surface area contributed by atoms with Gasteiger partial charge in [-0.2, -0.15) is 0 Å². The minimum atomic E-state index is -2.53. The Hall–Kier alpha value is -1.26. The number of carbonyl (C=O) groups is 1. The highest BCUT2D eigenvalue weighted by molar-refractivity contribution is 5.89. The van der Waals surface area contributed by atoms with Gasteiger partial charge < -0.3 is 14.8 Å². The number of carbonyl (C=O) groups excluding carboxylic acids is 1. The Morgan fingerprint density at radius 3 is 3.27 bits per heavy atom. The number of hydrogen-bond acceptors (Lipinski definition) is 4. The quantitative estimate of drug-likeness (QED) is 0.858. The molecule has 2 heterocycles. The van der Waals surface area contributed by atoms with Gasteiger partial charge in [-0.15, -0.1) is 12.4 Å². The summed E-state index contributed by atoms with van der Waals surface area (Å²) in [6.45, 7) is 0.859. The van der Waals surface area contributed by atoms with Gasteiger partial charge in [0.1, 0.15) is 0 Å². The number of halogens is 1. The number of benzene rings is 1. The molecule has 2 aliphatic carbocycles. The molecule has 1 aromatic rings. The summed E-state index contributed by atoms with van der Waals surface area (Å²) >= 11 is 0. The smallest absolute Gasteiger partial charge is 0.174 e. The highest BCUT2D eigenvalue weighted by Crippen LogP contribution is 2.61. The minimum absolute atomic E-state index is 0. The lowest BCUT2D eigenvalue weighted by atomic mass is 9.52. The summed E-state index contributed by atoms with van der Waals surface area (Å²) in [6.07, 6.45) is 2.67. The summed E-state index contributed by atoms with van der Waals surface area (Å²) in [4.78, 5) is 12.6. The predicted octanol–water partition coefficient (Wildman–Crippen LogP) is 2.01. The van der Waals surface area contributed by atoms with Crippen molar-refractivity contribution in [2.75, 3.05) is 13.6 Å². The second-order valence-electron chi connectivity index (χ2n) is 6.69. The Morgan fingerprint density at radius 1 is 1.50 bits per heavy atom. The lowest BCUT2D eigenvalue weighted by Crippen LogP contribution is -2.65. The molecule has 22 heavy (non-hydrogen) atoms. The molecule has 5 rings (SSSR count). The van der Waals surface area contributed by atoms with Gasteiger partial charge in [0.15, 0.2) is 23.4 Å². The van der Waals surface area contributed by atoms with Gasteiger partial charge in [-0.3, -0.25) is 4.79 Å². The van der Waals surface area contributed by atoms with E-state index >= 15 is 0 Å². The van der Waals surface area contributed by atoms with E-state index in [1.165, 1.54) is 0 Å². The molecule has 1 spiro atoms. The highest BCUT2D eigenvalue weighted by Gasteiger charge is 2.64. The number of nitrogens with one attached hydrogen (secondary N) is 1. The van der Waals surface area contributed by atoms with Crippen LogP contribution in [0.2, 0.25) is 0 Å². The molecule has 1 N–H and O–H groups in total. The molecule has 4 nitrogen and oxygen atoms in total. The highest BCUT2D eigenvalue weighted by atomic mass is 35.5. The van der Waals surface area contributed by atoms with E-state index < -0.39 is 13.1 Å². The Kier molecular flexibility index (Phi) is 2.37. The lowest BCUT2D eigenvalue weighted by molar-refractivity contribution is -0.135. The number of rotatable bonds is 1. The first-order valence-electron chi connectivity index (χ1n) is 9.18. The number of ether oxygens (including phenoxy) is 2. The van der Waals surface area contributed by atoms with Crippen molar-refractivity contribution in [1.29, 1.82) is 0 Å². The van der Waals surface area contributed by atoms with Crippen LogP contribution in [0.25, 0.3) is 0 Å². The first-order valence-corrected chi connectivity index (χ1v) is 7.68. The summed E-state index contributed by atoms with van der Waals surface area (Å²) in [5.74, 6) is 1.23. The fraction of sp³-hybridized carbons (Fsp3) is 0.588. The third kappa shape index (κ3) is 1.45. The van der Waals surface area contributed by atoms with E-state index in [9.17, 15) is 4.79 Å². The van der Waals surface area contributed by atoms with E-state index in [0.29, 0.717) is 24.1 Å². The molecule has 0 amide bonds. The van der Waals surface area contributed by atoms with E-state index in [4.69, 9.17) is 13.6 Å². The maximum absolute atomic E-state index is 12.6. The van der Waals surface area contributed by atoms with E-state index in [-0.39, 0.29) is 29.4 Å². The average molecular weight is 325 g/mol. The van der Waals surface area contributed by atoms with Crippen LogP contribution >= 0.6 is 12.4 Å². The van der Waals surface area contributed by atoms with Crippen molar-refractivity contribution in [1.82, 2.24) is 5.32 Å². The topological polar surface area (TPSA) is 47.6 Å². The molecule has 2 fully saturated rings. The van der Waals surface area contributed by atoms with E-state index in [1.807, 2.05) is 6.07 Å². The average Bonchev–Trinajstić information content (AvgIpc) is 2.84. The van der Waals surface area contributed by atoms with Gasteiger partial charge in [-0.25, -0.2) is 0 Å². The summed E-state index contributed by atoms with van der Waals surface area (Å²) in [7, 11) is -2.53. The second kappa shape index (κ2) is 4.62. The van der Waals surface area contributed by atoms with Crippen molar-refractivity contribution >= 4 is 18.2 Å². The van der Waals surface area contributed by atoms with Crippen LogP contribution in [0.3, 0.4) is 0 Å². The lowest BCUT2D eigenvalue weighted by Gasteiger charge is -2.54. The SMILES string of the molecule is Cl.[2H]C([2H])([2H])Oc1ccc2c3c1O[C@@H]1C(=O)CC[C@H]4[C@@H](C2)NCC[C@]314. The third-order valence-electron chi connectivity index (χ3n) is 6.01. The largest absolute Gasteiger partial charge is 0.493 e. The van der Waals surface area contributed by atoms with Crippen LogP contribution in [0, 0.1) is 5.92 Å². The zero-order chi connectivity index (χ0) is 16.7. The van der Waals surface area contributed by atoms with Gasteiger partial charge in [-0.05, 0) is 43.4 Å². The van der Waals surface area contributed by atoms with Crippen molar-refractivity contribution in [2.24, 2.45) is 5.92 Å². The summed E-state index contributed by atoms with van der Waals surface area (Å²) in [5, 5.41) is 3.61. The Morgan fingerprint density at radius 2 is 2.41 bits per heavy atom. The molecule has 2 bridgehead atoms. The standard InChI is InChI=1S/C17H19NO3.ClH/c1-20-13-5-2-9-8-11-10-3-4-12(19)16-17(10,6-7-18-11)14(9)15(13)21-16;/h2,5,10-11,16,18H,3-4,6-8H2,1H3;1H/t10-,11+,16+,17-;/m0./s1/i1D3;. The summed E-state index contributed by atoms with van der Waals surface area (Å²) in [5.41, 5.74) is 1.90. The van der Waals surface area contributed by atoms with Gasteiger partial charge in [-0.1, -0.05) is 6.07 Å². The van der Waals surface area contributed by atoms with Crippen LogP contribution in [-0.4, -0.2) is 31.5 Å². The van der Waals surface area contributed by atoms with E-state index in [2.05, 4.69) is 5.32 Å². The molecule has 118 valence electrons. The van der Waals surface area contributed by atoms with E-state index in [0.717, 1.165) is 36.9 Å². The molecular formula is C17H20ClNO3. The molecule has 5 heteroatoms. The van der Waals surface area contributed by atoms with Gasteiger partial charge >= 0.3 is 0 Å². The Bertz CT molecular complexity index is 753. The van der Waals surface area contributed by atoms with Crippen molar-refractivity contribution in [3.8, 4) is 11.5 Å². The number of piperidine rings is 1. The normalized spacial score (nSPS) is 39.5. The Labute approximate surface area is 140 Å². The molecule has 0 aromatic heterocycles. The first-order chi connectivity index (χ1) is 11.4. The fourth-order valence-electron chi connectivity index (χ4n) is 5.32. The number of ketones is 1. The molecule has 2 aliphatic heterocycles. The van der Waals surface area contributed by atoms with Crippen LogP contribution in [0.15, 0.2) is 12.1 Å². The van der Waals surface area contributed by atoms with Crippen LogP contribution in [-0.2, 0) is 16.6 Å². The van der Waals surface area contributed by atoms with Crippen LogP contribution in [0.4, 0.5) is 0 Å². The van der Waals surface area contributed by atoms with Crippen molar-refractivity contribution in [3.05, 3.63) is 23.3 Å². The van der Waals surface area contributed by atoms with Gasteiger partial charge in [0, 0.05) is 23.4 Å². The Balaban J connectivity index is 0.00000157. The van der Waals surface area contributed by atoms with Crippen molar-refractivity contribution in [3.63, 3.8) is 0 Å². The van der Waals surface area contributed by atoms with Crippen molar-refractivity contribution in [2.45, 2.75) is 43.2 Å². The molecule has 1 aromatic carbocycles. The van der Waals surface area contributed by atoms with E-state index in [1.54, 1.807) is 6.07 Å². The van der Waals surface area contributed by atoms with Crippen LogP contribution < -0.4 is 14.8 Å². The molecule has 4 atom stereocenters. The van der Waals surface area contributed by atoms with Crippen molar-refractivity contribution < 1.29 is 18.4 Å².